The SMILES string of the molecule is CCOc1ccc(-c2cn3cc(N)ccc3n2)cc1. The van der Waals surface area contributed by atoms with Crippen molar-refractivity contribution in [3.8, 4) is 17.0 Å². The maximum atomic E-state index is 5.76. The molecule has 4 heteroatoms. The minimum Gasteiger partial charge on any atom is -0.494 e. The number of anilines is 1. The molecule has 2 heterocycles. The fourth-order valence-corrected chi connectivity index (χ4v) is 2.04. The first kappa shape index (κ1) is 11.6. The van der Waals surface area contributed by atoms with Gasteiger partial charge in [-0.2, -0.15) is 0 Å². The molecule has 2 N–H and O–H groups in total. The molecule has 3 rings (SSSR count). The highest BCUT2D eigenvalue weighted by Crippen LogP contribution is 2.22. The smallest absolute Gasteiger partial charge is 0.137 e. The van der Waals surface area contributed by atoms with Crippen LogP contribution >= 0.6 is 0 Å². The molecule has 0 radical (unpaired) electrons. The number of nitrogens with two attached hydrogens (primary N) is 1. The van der Waals surface area contributed by atoms with Crippen molar-refractivity contribution >= 4 is 11.3 Å². The number of fused-ring (bicyclic) bond motifs is 1. The third-order valence-corrected chi connectivity index (χ3v) is 2.94. The van der Waals surface area contributed by atoms with Gasteiger partial charge in [-0.05, 0) is 43.3 Å². The molecule has 96 valence electrons. The topological polar surface area (TPSA) is 52.5 Å². The van der Waals surface area contributed by atoms with E-state index >= 15 is 0 Å². The predicted molar refractivity (Wildman–Crippen MR) is 76.2 cm³/mol. The molecule has 3 aromatic rings. The lowest BCUT2D eigenvalue weighted by atomic mass is 10.2. The van der Waals surface area contributed by atoms with Crippen molar-refractivity contribution in [1.82, 2.24) is 9.38 Å². The molecule has 0 amide bonds. The number of rotatable bonds is 3. The Morgan fingerprint density at radius 2 is 1.89 bits per heavy atom. The van der Waals surface area contributed by atoms with Crippen LogP contribution in [0.5, 0.6) is 5.75 Å². The first-order chi connectivity index (χ1) is 9.26. The summed E-state index contributed by atoms with van der Waals surface area (Å²) in [6, 6.07) is 11.7. The standard InChI is InChI=1S/C15H15N3O/c1-2-19-13-6-3-11(4-7-13)14-10-18-9-12(16)5-8-15(18)17-14/h3-10H,2,16H2,1H3. The Bertz CT molecular complexity index is 701. The van der Waals surface area contributed by atoms with Crippen LogP contribution in [-0.4, -0.2) is 16.0 Å². The van der Waals surface area contributed by atoms with Gasteiger partial charge in [-0.25, -0.2) is 4.98 Å². The third kappa shape index (κ3) is 2.25. The molecule has 0 bridgehead atoms. The van der Waals surface area contributed by atoms with E-state index in [-0.39, 0.29) is 0 Å². The summed E-state index contributed by atoms with van der Waals surface area (Å²) in [7, 11) is 0. The van der Waals surface area contributed by atoms with E-state index in [0.29, 0.717) is 6.61 Å². The molecule has 19 heavy (non-hydrogen) atoms. The summed E-state index contributed by atoms with van der Waals surface area (Å²) >= 11 is 0. The van der Waals surface area contributed by atoms with Crippen molar-refractivity contribution in [3.63, 3.8) is 0 Å². The van der Waals surface area contributed by atoms with Crippen LogP contribution in [-0.2, 0) is 0 Å². The zero-order valence-electron chi connectivity index (χ0n) is 10.7. The van der Waals surface area contributed by atoms with Crippen LogP contribution in [0.2, 0.25) is 0 Å². The lowest BCUT2D eigenvalue weighted by Crippen LogP contribution is -1.90. The lowest BCUT2D eigenvalue weighted by Gasteiger charge is -2.02. The Morgan fingerprint density at radius 1 is 1.11 bits per heavy atom. The van der Waals surface area contributed by atoms with E-state index in [2.05, 4.69) is 4.98 Å². The van der Waals surface area contributed by atoms with Gasteiger partial charge in [0.1, 0.15) is 11.4 Å². The van der Waals surface area contributed by atoms with E-state index in [0.717, 1.165) is 28.3 Å². The van der Waals surface area contributed by atoms with Gasteiger partial charge < -0.3 is 14.9 Å². The van der Waals surface area contributed by atoms with E-state index in [9.17, 15) is 0 Å². The summed E-state index contributed by atoms with van der Waals surface area (Å²) in [5, 5.41) is 0. The molecule has 0 saturated carbocycles. The fraction of sp³-hybridized carbons (Fsp3) is 0.133. The molecule has 0 aliphatic heterocycles. The average Bonchev–Trinajstić information content (AvgIpc) is 2.83. The van der Waals surface area contributed by atoms with Crippen LogP contribution in [0.15, 0.2) is 48.8 Å². The van der Waals surface area contributed by atoms with E-state index in [1.54, 1.807) is 0 Å². The zero-order valence-corrected chi connectivity index (χ0v) is 10.7. The van der Waals surface area contributed by atoms with Gasteiger partial charge in [0.25, 0.3) is 0 Å². The molecular formula is C15H15N3O. The minimum atomic E-state index is 0.674. The number of aromatic nitrogens is 2. The van der Waals surface area contributed by atoms with Crippen LogP contribution in [0.25, 0.3) is 16.9 Å². The molecule has 0 aliphatic rings. The lowest BCUT2D eigenvalue weighted by molar-refractivity contribution is 0.340. The van der Waals surface area contributed by atoms with Gasteiger partial charge in [0, 0.05) is 23.6 Å². The van der Waals surface area contributed by atoms with Crippen molar-refractivity contribution < 1.29 is 4.74 Å². The number of benzene rings is 1. The minimum absolute atomic E-state index is 0.674. The van der Waals surface area contributed by atoms with Crippen molar-refractivity contribution in [2.45, 2.75) is 6.92 Å². The highest BCUT2D eigenvalue weighted by Gasteiger charge is 2.04. The monoisotopic (exact) mass is 253 g/mol. The van der Waals surface area contributed by atoms with E-state index in [4.69, 9.17) is 10.5 Å². The molecule has 0 atom stereocenters. The second-order valence-corrected chi connectivity index (χ2v) is 4.31. The maximum absolute atomic E-state index is 5.76. The summed E-state index contributed by atoms with van der Waals surface area (Å²) in [4.78, 5) is 4.57. The Balaban J connectivity index is 1.99. The average molecular weight is 253 g/mol. The summed E-state index contributed by atoms with van der Waals surface area (Å²) < 4.78 is 7.36. The Labute approximate surface area is 111 Å². The highest BCUT2D eigenvalue weighted by molar-refractivity contribution is 5.64. The number of nitrogen functional groups attached to an aromatic ring is 1. The first-order valence-corrected chi connectivity index (χ1v) is 6.24. The van der Waals surface area contributed by atoms with Crippen LogP contribution < -0.4 is 10.5 Å². The van der Waals surface area contributed by atoms with E-state index in [1.165, 1.54) is 0 Å². The van der Waals surface area contributed by atoms with Crippen molar-refractivity contribution in [2.75, 3.05) is 12.3 Å². The highest BCUT2D eigenvalue weighted by atomic mass is 16.5. The summed E-state index contributed by atoms with van der Waals surface area (Å²) in [5.41, 5.74) is 9.36. The summed E-state index contributed by atoms with van der Waals surface area (Å²) in [5.74, 6) is 0.874. The molecule has 0 fully saturated rings. The molecule has 2 aromatic heterocycles. The van der Waals surface area contributed by atoms with Gasteiger partial charge in [-0.1, -0.05) is 0 Å². The Hall–Kier alpha value is -2.49. The number of pyridine rings is 1. The number of ether oxygens (including phenoxy) is 1. The van der Waals surface area contributed by atoms with Crippen molar-refractivity contribution in [1.29, 1.82) is 0 Å². The fourth-order valence-electron chi connectivity index (χ4n) is 2.04. The second-order valence-electron chi connectivity index (χ2n) is 4.31. The summed E-state index contributed by atoms with van der Waals surface area (Å²) in [6.07, 6.45) is 3.84. The summed E-state index contributed by atoms with van der Waals surface area (Å²) in [6.45, 7) is 2.65. The maximum Gasteiger partial charge on any atom is 0.137 e. The van der Waals surface area contributed by atoms with Crippen LogP contribution in [0.3, 0.4) is 0 Å². The predicted octanol–water partition coefficient (Wildman–Crippen LogP) is 2.98. The number of nitrogens with zero attached hydrogens (tertiary/aromatic N) is 2. The van der Waals surface area contributed by atoms with Crippen LogP contribution in [0.4, 0.5) is 5.69 Å². The van der Waals surface area contributed by atoms with Crippen LogP contribution in [0, 0.1) is 0 Å². The van der Waals surface area contributed by atoms with Crippen LogP contribution in [0.1, 0.15) is 6.92 Å². The molecule has 0 saturated heterocycles. The van der Waals surface area contributed by atoms with Gasteiger partial charge in [0.05, 0.1) is 12.3 Å². The van der Waals surface area contributed by atoms with Crippen molar-refractivity contribution in [3.05, 3.63) is 48.8 Å². The van der Waals surface area contributed by atoms with Crippen molar-refractivity contribution in [2.24, 2.45) is 0 Å². The zero-order chi connectivity index (χ0) is 13.2. The quantitative estimate of drug-likeness (QED) is 0.780. The van der Waals surface area contributed by atoms with E-state index in [1.807, 2.05) is 60.1 Å². The number of hydrogen-bond acceptors (Lipinski definition) is 3. The second kappa shape index (κ2) is 4.65. The normalized spacial score (nSPS) is 10.8. The van der Waals surface area contributed by atoms with Gasteiger partial charge in [-0.15, -0.1) is 0 Å². The molecule has 0 spiro atoms. The molecule has 0 unspecified atom stereocenters. The Morgan fingerprint density at radius 3 is 2.63 bits per heavy atom. The molecule has 4 nitrogen and oxygen atoms in total. The number of imidazole rings is 1. The van der Waals surface area contributed by atoms with Gasteiger partial charge in [0.2, 0.25) is 0 Å². The third-order valence-electron chi connectivity index (χ3n) is 2.94. The molecule has 1 aromatic carbocycles. The Kier molecular flexibility index (Phi) is 2.83. The van der Waals surface area contributed by atoms with E-state index < -0.39 is 0 Å². The first-order valence-electron chi connectivity index (χ1n) is 6.24. The van der Waals surface area contributed by atoms with Gasteiger partial charge in [0.15, 0.2) is 0 Å². The molecule has 0 aliphatic carbocycles. The van der Waals surface area contributed by atoms with Gasteiger partial charge >= 0.3 is 0 Å². The largest absolute Gasteiger partial charge is 0.494 e. The number of hydrogen-bond donors (Lipinski definition) is 1. The molecular weight excluding hydrogens is 238 g/mol. The van der Waals surface area contributed by atoms with Gasteiger partial charge in [-0.3, -0.25) is 0 Å².